The Hall–Kier alpha value is -2.57. The predicted molar refractivity (Wildman–Crippen MR) is 81.8 cm³/mol. The van der Waals surface area contributed by atoms with Gasteiger partial charge < -0.3 is 19.9 Å². The number of amides is 2. The molecule has 2 N–H and O–H groups in total. The van der Waals surface area contributed by atoms with Crippen LogP contribution in [0.3, 0.4) is 0 Å². The molecule has 7 nitrogen and oxygen atoms in total. The molecule has 1 atom stereocenters. The Bertz CT molecular complexity index is 639. The van der Waals surface area contributed by atoms with Crippen molar-refractivity contribution in [1.82, 2.24) is 15.5 Å². The van der Waals surface area contributed by atoms with Crippen LogP contribution in [0.5, 0.6) is 5.75 Å². The van der Waals surface area contributed by atoms with E-state index < -0.39 is 0 Å². The number of ether oxygens (including phenoxy) is 1. The van der Waals surface area contributed by atoms with Gasteiger partial charge in [-0.05, 0) is 39.8 Å². The van der Waals surface area contributed by atoms with E-state index >= 15 is 0 Å². The molecular formula is C15H20N4O3. The quantitative estimate of drug-likeness (QED) is 0.886. The first-order valence-electron chi connectivity index (χ1n) is 7.09. The van der Waals surface area contributed by atoms with Crippen molar-refractivity contribution in [2.45, 2.75) is 39.8 Å². The molecule has 0 saturated carbocycles. The minimum Gasteiger partial charge on any atom is -0.489 e. The maximum Gasteiger partial charge on any atom is 0.319 e. The van der Waals surface area contributed by atoms with Crippen molar-refractivity contribution in [3.05, 3.63) is 36.0 Å². The monoisotopic (exact) mass is 304 g/mol. The molecule has 1 heterocycles. The van der Waals surface area contributed by atoms with E-state index in [4.69, 9.17) is 9.26 Å². The lowest BCUT2D eigenvalue weighted by atomic mass is 10.3. The second-order valence-electron chi connectivity index (χ2n) is 5.16. The smallest absolute Gasteiger partial charge is 0.319 e. The fourth-order valence-corrected chi connectivity index (χ4v) is 1.83. The Morgan fingerprint density at radius 1 is 1.27 bits per heavy atom. The molecule has 0 aliphatic carbocycles. The number of para-hydroxylation sites is 2. The molecule has 1 unspecified atom stereocenters. The summed E-state index contributed by atoms with van der Waals surface area (Å²) in [6.45, 7) is 7.34. The van der Waals surface area contributed by atoms with E-state index in [1.54, 1.807) is 26.0 Å². The molecule has 0 fully saturated rings. The summed E-state index contributed by atoms with van der Waals surface area (Å²) in [5.74, 6) is 1.51. The number of carbonyl (C=O) groups is 1. The fourth-order valence-electron chi connectivity index (χ4n) is 1.83. The average Bonchev–Trinajstić information content (AvgIpc) is 2.87. The minimum absolute atomic E-state index is 0.0197. The van der Waals surface area contributed by atoms with Gasteiger partial charge in [0.25, 0.3) is 0 Å². The van der Waals surface area contributed by atoms with Crippen molar-refractivity contribution in [3.63, 3.8) is 0 Å². The maximum absolute atomic E-state index is 12.1. The zero-order chi connectivity index (χ0) is 16.1. The highest BCUT2D eigenvalue weighted by Crippen LogP contribution is 2.24. The van der Waals surface area contributed by atoms with Crippen LogP contribution in [0, 0.1) is 6.92 Å². The number of hydrogen-bond donors (Lipinski definition) is 2. The van der Waals surface area contributed by atoms with Crippen LogP contribution in [0.15, 0.2) is 28.8 Å². The van der Waals surface area contributed by atoms with Crippen molar-refractivity contribution in [3.8, 4) is 5.75 Å². The Morgan fingerprint density at radius 2 is 2.00 bits per heavy atom. The van der Waals surface area contributed by atoms with E-state index in [9.17, 15) is 4.79 Å². The first-order valence-corrected chi connectivity index (χ1v) is 7.09. The molecule has 2 amide bonds. The normalized spacial score (nSPS) is 12.0. The summed E-state index contributed by atoms with van der Waals surface area (Å²) >= 11 is 0. The number of nitrogens with one attached hydrogen (secondary N) is 2. The van der Waals surface area contributed by atoms with E-state index in [0.717, 1.165) is 0 Å². The number of urea groups is 1. The van der Waals surface area contributed by atoms with Crippen LogP contribution in [0.2, 0.25) is 0 Å². The summed E-state index contributed by atoms with van der Waals surface area (Å²) in [6, 6.07) is 6.50. The lowest BCUT2D eigenvalue weighted by Crippen LogP contribution is -2.31. The molecule has 2 aromatic rings. The zero-order valence-corrected chi connectivity index (χ0v) is 13.1. The van der Waals surface area contributed by atoms with Crippen LogP contribution in [-0.4, -0.2) is 22.3 Å². The molecule has 0 bridgehead atoms. The maximum atomic E-state index is 12.1. The summed E-state index contributed by atoms with van der Waals surface area (Å²) < 4.78 is 10.7. The molecular weight excluding hydrogens is 284 g/mol. The predicted octanol–water partition coefficient (Wildman–Crippen LogP) is 3.05. The SMILES string of the molecule is Cc1noc(C(C)NC(=O)Nc2ccccc2OC(C)C)n1. The van der Waals surface area contributed by atoms with Crippen LogP contribution in [-0.2, 0) is 0 Å². The average molecular weight is 304 g/mol. The van der Waals surface area contributed by atoms with Crippen LogP contribution in [0.25, 0.3) is 0 Å². The first-order chi connectivity index (χ1) is 10.5. The van der Waals surface area contributed by atoms with Gasteiger partial charge in [-0.3, -0.25) is 0 Å². The van der Waals surface area contributed by atoms with E-state index in [1.165, 1.54) is 0 Å². The minimum atomic E-state index is -0.389. The molecule has 0 aliphatic heterocycles. The highest BCUT2D eigenvalue weighted by atomic mass is 16.5. The van der Waals surface area contributed by atoms with Crippen LogP contribution >= 0.6 is 0 Å². The highest BCUT2D eigenvalue weighted by Gasteiger charge is 2.16. The molecule has 22 heavy (non-hydrogen) atoms. The van der Waals surface area contributed by atoms with Gasteiger partial charge in [0.1, 0.15) is 11.8 Å². The third kappa shape index (κ3) is 4.21. The highest BCUT2D eigenvalue weighted by molar-refractivity contribution is 5.91. The molecule has 0 aliphatic rings. The fraction of sp³-hybridized carbons (Fsp3) is 0.400. The van der Waals surface area contributed by atoms with Gasteiger partial charge in [-0.25, -0.2) is 4.79 Å². The van der Waals surface area contributed by atoms with Gasteiger partial charge in [-0.2, -0.15) is 4.98 Å². The molecule has 2 rings (SSSR count). The molecule has 118 valence electrons. The Kier molecular flexibility index (Phi) is 4.98. The van der Waals surface area contributed by atoms with Crippen molar-refractivity contribution in [2.75, 3.05) is 5.32 Å². The summed E-state index contributed by atoms with van der Waals surface area (Å²) in [5.41, 5.74) is 0.600. The largest absolute Gasteiger partial charge is 0.489 e. The van der Waals surface area contributed by atoms with Crippen molar-refractivity contribution in [2.24, 2.45) is 0 Å². The first kappa shape index (κ1) is 15.8. The van der Waals surface area contributed by atoms with E-state index in [0.29, 0.717) is 23.2 Å². The van der Waals surface area contributed by atoms with Gasteiger partial charge in [-0.15, -0.1) is 0 Å². The standard InChI is InChI=1S/C15H20N4O3/c1-9(2)21-13-8-6-5-7-12(13)18-15(20)16-10(3)14-17-11(4)19-22-14/h5-10H,1-4H3,(H2,16,18,20). The number of carbonyl (C=O) groups excluding carboxylic acids is 1. The Labute approximate surface area is 129 Å². The van der Waals surface area contributed by atoms with Gasteiger partial charge in [0, 0.05) is 0 Å². The number of hydrogen-bond acceptors (Lipinski definition) is 5. The van der Waals surface area contributed by atoms with Gasteiger partial charge >= 0.3 is 6.03 Å². The van der Waals surface area contributed by atoms with E-state index in [2.05, 4.69) is 20.8 Å². The number of aryl methyl sites for hydroxylation is 1. The van der Waals surface area contributed by atoms with Gasteiger partial charge in [0.15, 0.2) is 5.82 Å². The molecule has 1 aromatic carbocycles. The molecule has 0 spiro atoms. The summed E-state index contributed by atoms with van der Waals surface area (Å²) in [4.78, 5) is 16.2. The second kappa shape index (κ2) is 6.93. The van der Waals surface area contributed by atoms with Crippen molar-refractivity contribution in [1.29, 1.82) is 0 Å². The summed E-state index contributed by atoms with van der Waals surface area (Å²) in [5, 5.41) is 9.19. The number of benzene rings is 1. The third-order valence-corrected chi connectivity index (χ3v) is 2.76. The van der Waals surface area contributed by atoms with E-state index in [1.807, 2.05) is 26.0 Å². The Balaban J connectivity index is 2.00. The number of rotatable bonds is 5. The zero-order valence-electron chi connectivity index (χ0n) is 13.1. The number of aromatic nitrogens is 2. The van der Waals surface area contributed by atoms with Crippen LogP contribution < -0.4 is 15.4 Å². The number of anilines is 1. The molecule has 0 saturated heterocycles. The topological polar surface area (TPSA) is 89.3 Å². The lowest BCUT2D eigenvalue weighted by Gasteiger charge is -2.16. The van der Waals surface area contributed by atoms with Gasteiger partial charge in [0.05, 0.1) is 11.8 Å². The lowest BCUT2D eigenvalue weighted by molar-refractivity contribution is 0.240. The summed E-state index contributed by atoms with van der Waals surface area (Å²) in [7, 11) is 0. The molecule has 7 heteroatoms. The Morgan fingerprint density at radius 3 is 2.64 bits per heavy atom. The van der Waals surface area contributed by atoms with Crippen molar-refractivity contribution < 1.29 is 14.1 Å². The van der Waals surface area contributed by atoms with Gasteiger partial charge in [-0.1, -0.05) is 17.3 Å². The summed E-state index contributed by atoms with van der Waals surface area (Å²) in [6.07, 6.45) is 0.0197. The van der Waals surface area contributed by atoms with Crippen molar-refractivity contribution >= 4 is 11.7 Å². The molecule has 0 radical (unpaired) electrons. The third-order valence-electron chi connectivity index (χ3n) is 2.76. The van der Waals surface area contributed by atoms with Gasteiger partial charge in [0.2, 0.25) is 5.89 Å². The molecule has 1 aromatic heterocycles. The van der Waals surface area contributed by atoms with E-state index in [-0.39, 0.29) is 18.2 Å². The van der Waals surface area contributed by atoms with Crippen LogP contribution in [0.4, 0.5) is 10.5 Å². The van der Waals surface area contributed by atoms with Crippen LogP contribution in [0.1, 0.15) is 38.5 Å². The number of nitrogens with zero attached hydrogens (tertiary/aromatic N) is 2. The second-order valence-corrected chi connectivity index (χ2v) is 5.16.